The lowest BCUT2D eigenvalue weighted by molar-refractivity contribution is 0.370. The number of nitrogens with zero attached hydrogens (tertiary/aromatic N) is 3. The molecule has 5 rings (SSSR count). The van der Waals surface area contributed by atoms with Crippen molar-refractivity contribution >= 4 is 34.3 Å². The molecule has 7 heteroatoms. The average Bonchev–Trinajstić information content (AvgIpc) is 3.62. The number of allylic oxidation sites excluding steroid dienone is 1. The van der Waals surface area contributed by atoms with E-state index in [-0.39, 0.29) is 6.04 Å². The van der Waals surface area contributed by atoms with Crippen LogP contribution < -0.4 is 10.1 Å². The molecular weight excluding hydrogens is 442 g/mol. The van der Waals surface area contributed by atoms with Crippen molar-refractivity contribution in [1.29, 1.82) is 0 Å². The monoisotopic (exact) mass is 467 g/mol. The van der Waals surface area contributed by atoms with Crippen LogP contribution in [0, 0.1) is 11.8 Å². The summed E-state index contributed by atoms with van der Waals surface area (Å²) < 4.78 is 5.64. The van der Waals surface area contributed by atoms with Gasteiger partial charge in [0, 0.05) is 29.7 Å². The number of nitrogens with one attached hydrogen (secondary N) is 2. The number of likely N-dealkylation sites (tertiary alicyclic amines) is 1. The van der Waals surface area contributed by atoms with Crippen LogP contribution in [0.25, 0.3) is 17.1 Å². The van der Waals surface area contributed by atoms with Crippen molar-refractivity contribution in [2.24, 2.45) is 0 Å². The van der Waals surface area contributed by atoms with Crippen molar-refractivity contribution in [3.05, 3.63) is 89.2 Å². The second-order valence-corrected chi connectivity index (χ2v) is 8.97. The van der Waals surface area contributed by atoms with Gasteiger partial charge in [-0.3, -0.25) is 0 Å². The van der Waals surface area contributed by atoms with Gasteiger partial charge >= 0.3 is 0 Å². The summed E-state index contributed by atoms with van der Waals surface area (Å²) in [5, 5.41) is 6.61. The highest BCUT2D eigenvalue weighted by atomic mass is 32.1. The Kier molecular flexibility index (Phi) is 6.59. The summed E-state index contributed by atoms with van der Waals surface area (Å²) in [5.41, 5.74) is 2.58. The molecule has 34 heavy (non-hydrogen) atoms. The van der Waals surface area contributed by atoms with Gasteiger partial charge in [0.25, 0.3) is 0 Å². The minimum absolute atomic E-state index is 0.286. The zero-order valence-electron chi connectivity index (χ0n) is 18.7. The third-order valence-corrected chi connectivity index (χ3v) is 6.46. The molecule has 0 aliphatic carbocycles. The largest absolute Gasteiger partial charge is 0.481 e. The lowest BCUT2D eigenvalue weighted by atomic mass is 10.2. The molecular formula is C27H25N5OS. The number of aromatic amines is 1. The van der Waals surface area contributed by atoms with Gasteiger partial charge in [0.2, 0.25) is 0 Å². The topological polar surface area (TPSA) is 66.1 Å². The maximum atomic E-state index is 5.64. The molecule has 1 fully saturated rings. The Bertz CT molecular complexity index is 1350. The molecule has 1 unspecified atom stereocenters. The Morgan fingerprint density at radius 3 is 3.03 bits per heavy atom. The van der Waals surface area contributed by atoms with Crippen molar-refractivity contribution in [1.82, 2.24) is 19.9 Å². The molecule has 1 aliphatic heterocycles. The van der Waals surface area contributed by atoms with E-state index in [9.17, 15) is 0 Å². The predicted octanol–water partition coefficient (Wildman–Crippen LogP) is 5.16. The molecule has 2 N–H and O–H groups in total. The van der Waals surface area contributed by atoms with E-state index in [0.717, 1.165) is 53.5 Å². The summed E-state index contributed by atoms with van der Waals surface area (Å²) in [4.78, 5) is 15.7. The average molecular weight is 468 g/mol. The van der Waals surface area contributed by atoms with Crippen LogP contribution in [0.2, 0.25) is 0 Å². The third-order valence-electron chi connectivity index (χ3n) is 5.62. The van der Waals surface area contributed by atoms with Gasteiger partial charge in [0.1, 0.15) is 30.1 Å². The van der Waals surface area contributed by atoms with E-state index in [0.29, 0.717) is 6.61 Å². The summed E-state index contributed by atoms with van der Waals surface area (Å²) in [7, 11) is 0. The van der Waals surface area contributed by atoms with Gasteiger partial charge in [0.05, 0.1) is 11.1 Å². The number of ether oxygens (including phenoxy) is 1. The van der Waals surface area contributed by atoms with Gasteiger partial charge in [-0.2, -0.15) is 0 Å². The smallest absolute Gasteiger partial charge is 0.149 e. The van der Waals surface area contributed by atoms with Gasteiger partial charge in [-0.15, -0.1) is 11.3 Å². The van der Waals surface area contributed by atoms with E-state index in [1.54, 1.807) is 17.7 Å². The van der Waals surface area contributed by atoms with Crippen LogP contribution in [0.4, 0.5) is 5.82 Å². The van der Waals surface area contributed by atoms with Gasteiger partial charge in [-0.25, -0.2) is 9.97 Å². The molecule has 4 aromatic rings. The first-order valence-electron chi connectivity index (χ1n) is 11.2. The van der Waals surface area contributed by atoms with Crippen LogP contribution in [-0.4, -0.2) is 45.6 Å². The molecule has 1 aromatic carbocycles. The number of thiophene rings is 1. The predicted molar refractivity (Wildman–Crippen MR) is 139 cm³/mol. The summed E-state index contributed by atoms with van der Waals surface area (Å²) in [5.74, 6) is 7.80. The zero-order chi connectivity index (χ0) is 23.2. The fourth-order valence-electron chi connectivity index (χ4n) is 3.89. The maximum Gasteiger partial charge on any atom is 0.149 e. The highest BCUT2D eigenvalue weighted by Crippen LogP contribution is 2.24. The van der Waals surface area contributed by atoms with Crippen LogP contribution in [0.3, 0.4) is 0 Å². The fourth-order valence-corrected chi connectivity index (χ4v) is 4.51. The van der Waals surface area contributed by atoms with Crippen LogP contribution in [0.1, 0.15) is 17.0 Å². The normalized spacial score (nSPS) is 15.4. The number of fused-ring (bicyclic) bond motifs is 1. The molecule has 1 aliphatic rings. The third kappa shape index (κ3) is 5.30. The van der Waals surface area contributed by atoms with Crippen LogP contribution in [0.15, 0.2) is 78.6 Å². The SMILES string of the molecule is C=C(/C=C/c1cccs1)N1CCC(Nc2ncnc3[nH]c(C#CCOc4ccccc4)cc23)C1. The summed E-state index contributed by atoms with van der Waals surface area (Å²) in [6.07, 6.45) is 6.81. The first-order chi connectivity index (χ1) is 16.7. The van der Waals surface area contributed by atoms with Crippen molar-refractivity contribution in [2.45, 2.75) is 12.5 Å². The van der Waals surface area contributed by atoms with Gasteiger partial charge < -0.3 is 19.9 Å². The highest BCUT2D eigenvalue weighted by Gasteiger charge is 2.23. The van der Waals surface area contributed by atoms with Gasteiger partial charge in [-0.1, -0.05) is 36.8 Å². The number of H-pyrrole nitrogens is 1. The minimum atomic E-state index is 0.286. The summed E-state index contributed by atoms with van der Waals surface area (Å²) in [6.45, 7) is 6.41. The van der Waals surface area contributed by atoms with Crippen molar-refractivity contribution < 1.29 is 4.74 Å². The van der Waals surface area contributed by atoms with Crippen LogP contribution in [0.5, 0.6) is 5.75 Å². The molecule has 1 atom stereocenters. The minimum Gasteiger partial charge on any atom is -0.481 e. The Morgan fingerprint density at radius 1 is 1.26 bits per heavy atom. The lowest BCUT2D eigenvalue weighted by Gasteiger charge is -2.19. The number of hydrogen-bond donors (Lipinski definition) is 2. The number of para-hydroxylation sites is 1. The van der Waals surface area contributed by atoms with Crippen molar-refractivity contribution in [3.8, 4) is 17.6 Å². The molecule has 6 nitrogen and oxygen atoms in total. The van der Waals surface area contributed by atoms with Crippen molar-refractivity contribution in [2.75, 3.05) is 25.0 Å². The number of anilines is 1. The Labute approximate surface area is 203 Å². The van der Waals surface area contributed by atoms with Gasteiger partial charge in [0.15, 0.2) is 0 Å². The van der Waals surface area contributed by atoms with Crippen molar-refractivity contribution in [3.63, 3.8) is 0 Å². The van der Waals surface area contributed by atoms with Gasteiger partial charge in [-0.05, 0) is 54.1 Å². The molecule has 0 saturated carbocycles. The first-order valence-corrected chi connectivity index (χ1v) is 12.0. The molecule has 170 valence electrons. The number of aromatic nitrogens is 3. The summed E-state index contributed by atoms with van der Waals surface area (Å²) >= 11 is 1.73. The number of benzene rings is 1. The Morgan fingerprint density at radius 2 is 2.18 bits per heavy atom. The fraction of sp³-hybridized carbons (Fsp3) is 0.185. The van der Waals surface area contributed by atoms with Crippen LogP contribution in [-0.2, 0) is 0 Å². The summed E-state index contributed by atoms with van der Waals surface area (Å²) in [6, 6.07) is 16.1. The molecule has 0 amide bonds. The second-order valence-electron chi connectivity index (χ2n) is 7.99. The molecule has 0 spiro atoms. The number of rotatable bonds is 7. The molecule has 1 saturated heterocycles. The van der Waals surface area contributed by atoms with E-state index < -0.39 is 0 Å². The molecule has 0 radical (unpaired) electrons. The molecule has 4 heterocycles. The zero-order valence-corrected chi connectivity index (χ0v) is 19.5. The van der Waals surface area contributed by atoms with Crippen LogP contribution >= 0.6 is 11.3 Å². The van der Waals surface area contributed by atoms with E-state index in [2.05, 4.69) is 73.3 Å². The van der Waals surface area contributed by atoms with E-state index >= 15 is 0 Å². The Hall–Kier alpha value is -4.02. The quantitative estimate of drug-likeness (QED) is 0.290. The Balaban J connectivity index is 1.20. The van der Waals surface area contributed by atoms with E-state index in [4.69, 9.17) is 4.74 Å². The highest BCUT2D eigenvalue weighted by molar-refractivity contribution is 7.10. The van der Waals surface area contributed by atoms with E-state index in [1.165, 1.54) is 4.88 Å². The standard InChI is InChI=1S/C27H25N5OS/c1-20(11-12-24-10-6-16-34-24)32-14-13-22(18-32)31-27-25-17-21(30-26(25)28-19-29-27)7-5-15-33-23-8-3-2-4-9-23/h2-4,6,8-12,16-17,19,22H,1,13-15,18H2,(H2,28,29,30,31)/b12-11+. The number of hydrogen-bond acceptors (Lipinski definition) is 6. The van der Waals surface area contributed by atoms with E-state index in [1.807, 2.05) is 36.4 Å². The molecule has 3 aromatic heterocycles. The first kappa shape index (κ1) is 21.8. The molecule has 0 bridgehead atoms. The lowest BCUT2D eigenvalue weighted by Crippen LogP contribution is -2.25. The maximum absolute atomic E-state index is 5.64. The second kappa shape index (κ2) is 10.3.